The number of nitrogens with zero attached hydrogens (tertiary/aromatic N) is 6. The lowest BCUT2D eigenvalue weighted by Crippen LogP contribution is -2.32. The van der Waals surface area contributed by atoms with Gasteiger partial charge in [-0.2, -0.15) is 5.10 Å². The van der Waals surface area contributed by atoms with Crippen LogP contribution in [-0.4, -0.2) is 31.3 Å². The van der Waals surface area contributed by atoms with Gasteiger partial charge in [-0.3, -0.25) is 9.67 Å². The van der Waals surface area contributed by atoms with Crippen molar-refractivity contribution in [3.8, 4) is 0 Å². The Bertz CT molecular complexity index is 868. The molecule has 3 aromatic rings. The minimum absolute atomic E-state index is 0.718. The molecule has 22 heavy (non-hydrogen) atoms. The van der Waals surface area contributed by atoms with Crippen LogP contribution < -0.4 is 10.6 Å². The van der Waals surface area contributed by atoms with Crippen LogP contribution in [0.4, 0.5) is 11.5 Å². The third-order valence-corrected chi connectivity index (χ3v) is 4.13. The van der Waals surface area contributed by atoms with E-state index < -0.39 is 0 Å². The van der Waals surface area contributed by atoms with Gasteiger partial charge in [0.05, 0.1) is 11.6 Å². The van der Waals surface area contributed by atoms with E-state index in [1.807, 2.05) is 26.2 Å². The van der Waals surface area contributed by atoms with Crippen LogP contribution in [0.1, 0.15) is 17.1 Å². The number of aryl methyl sites for hydroxylation is 2. The Morgan fingerprint density at radius 3 is 3.00 bits per heavy atom. The highest BCUT2D eigenvalue weighted by atomic mass is 15.3. The monoisotopic (exact) mass is 295 g/mol. The first-order chi connectivity index (χ1) is 10.6. The van der Waals surface area contributed by atoms with Crippen molar-refractivity contribution in [3.05, 3.63) is 35.5 Å². The van der Waals surface area contributed by atoms with Crippen molar-refractivity contribution >= 4 is 22.5 Å². The molecule has 4 rings (SSSR count). The van der Waals surface area contributed by atoms with Crippen LogP contribution in [0.3, 0.4) is 0 Å². The Balaban J connectivity index is 1.82. The second kappa shape index (κ2) is 4.66. The Morgan fingerprint density at radius 2 is 2.14 bits per heavy atom. The van der Waals surface area contributed by atoms with Crippen molar-refractivity contribution in [1.29, 1.82) is 0 Å². The number of aromatic nitrogens is 5. The van der Waals surface area contributed by atoms with Gasteiger partial charge in [0.25, 0.3) is 0 Å². The van der Waals surface area contributed by atoms with Crippen molar-refractivity contribution in [1.82, 2.24) is 24.7 Å². The largest absolute Gasteiger partial charge is 0.398 e. The van der Waals surface area contributed by atoms with E-state index in [1.54, 1.807) is 10.9 Å². The Kier molecular flexibility index (Phi) is 2.75. The fourth-order valence-corrected chi connectivity index (χ4v) is 3.00. The van der Waals surface area contributed by atoms with Gasteiger partial charge < -0.3 is 10.6 Å². The second-order valence-corrected chi connectivity index (χ2v) is 5.60. The summed E-state index contributed by atoms with van der Waals surface area (Å²) in [7, 11) is 1.89. The molecule has 0 spiro atoms. The lowest BCUT2D eigenvalue weighted by Gasteiger charge is -2.30. The number of hydrogen-bond acceptors (Lipinski definition) is 6. The molecule has 2 N–H and O–H groups in total. The third kappa shape index (κ3) is 1.89. The molecule has 0 aliphatic carbocycles. The SMILES string of the molecule is Cc1nc(N2CCc3nccc(N)c3C2)c2cnn(C)c2n1. The van der Waals surface area contributed by atoms with Gasteiger partial charge in [-0.25, -0.2) is 9.97 Å². The molecule has 1 aliphatic rings. The van der Waals surface area contributed by atoms with Crippen LogP contribution in [-0.2, 0) is 20.0 Å². The topological polar surface area (TPSA) is 85.8 Å². The zero-order valence-electron chi connectivity index (χ0n) is 12.6. The van der Waals surface area contributed by atoms with E-state index in [1.165, 1.54) is 0 Å². The first-order valence-corrected chi connectivity index (χ1v) is 7.27. The standard InChI is InChI=1S/C15H17N7/c1-9-19-14-10(7-18-21(14)2)15(20-9)22-6-4-13-11(8-22)12(16)3-5-17-13/h3,5,7H,4,6,8H2,1-2H3,(H2,16,17). The van der Waals surface area contributed by atoms with E-state index in [9.17, 15) is 0 Å². The van der Waals surface area contributed by atoms with E-state index in [0.717, 1.165) is 59.1 Å². The summed E-state index contributed by atoms with van der Waals surface area (Å²) >= 11 is 0. The maximum absolute atomic E-state index is 6.11. The number of hydrogen-bond donors (Lipinski definition) is 1. The molecule has 0 unspecified atom stereocenters. The summed E-state index contributed by atoms with van der Waals surface area (Å²) < 4.78 is 1.78. The van der Waals surface area contributed by atoms with E-state index in [2.05, 4.69) is 25.0 Å². The van der Waals surface area contributed by atoms with Crippen molar-refractivity contribution in [2.24, 2.45) is 7.05 Å². The summed E-state index contributed by atoms with van der Waals surface area (Å²) in [5, 5.41) is 5.28. The van der Waals surface area contributed by atoms with Gasteiger partial charge in [0.15, 0.2) is 5.65 Å². The Labute approximate surface area is 127 Å². The number of pyridine rings is 1. The molecule has 0 radical (unpaired) electrons. The van der Waals surface area contributed by atoms with Crippen LogP contribution in [0.5, 0.6) is 0 Å². The minimum atomic E-state index is 0.718. The molecule has 1 aliphatic heterocycles. The zero-order valence-corrected chi connectivity index (χ0v) is 12.6. The van der Waals surface area contributed by atoms with Crippen molar-refractivity contribution in [2.75, 3.05) is 17.2 Å². The Morgan fingerprint density at radius 1 is 1.27 bits per heavy atom. The van der Waals surface area contributed by atoms with Gasteiger partial charge in [-0.05, 0) is 13.0 Å². The molecule has 7 nitrogen and oxygen atoms in total. The molecule has 0 fully saturated rings. The molecular weight excluding hydrogens is 278 g/mol. The number of fused-ring (bicyclic) bond motifs is 2. The zero-order chi connectivity index (χ0) is 15.3. The van der Waals surface area contributed by atoms with Gasteiger partial charge in [-0.15, -0.1) is 0 Å². The molecule has 3 aromatic heterocycles. The molecular formula is C15H17N7. The van der Waals surface area contributed by atoms with E-state index in [4.69, 9.17) is 5.73 Å². The highest BCUT2D eigenvalue weighted by molar-refractivity contribution is 5.87. The number of rotatable bonds is 1. The quantitative estimate of drug-likeness (QED) is 0.726. The predicted molar refractivity (Wildman–Crippen MR) is 84.4 cm³/mol. The van der Waals surface area contributed by atoms with Gasteiger partial charge in [0.1, 0.15) is 11.6 Å². The first-order valence-electron chi connectivity index (χ1n) is 7.27. The van der Waals surface area contributed by atoms with Crippen molar-refractivity contribution < 1.29 is 0 Å². The summed E-state index contributed by atoms with van der Waals surface area (Å²) in [6.45, 7) is 3.49. The average molecular weight is 295 g/mol. The van der Waals surface area contributed by atoms with Crippen LogP contribution in [0.15, 0.2) is 18.5 Å². The summed E-state index contributed by atoms with van der Waals surface area (Å²) in [5.74, 6) is 1.67. The molecule has 0 saturated heterocycles. The maximum Gasteiger partial charge on any atom is 0.163 e. The average Bonchev–Trinajstić information content (AvgIpc) is 2.88. The molecule has 112 valence electrons. The van der Waals surface area contributed by atoms with E-state index in [0.29, 0.717) is 0 Å². The maximum atomic E-state index is 6.11. The van der Waals surface area contributed by atoms with Gasteiger partial charge in [-0.1, -0.05) is 0 Å². The van der Waals surface area contributed by atoms with Crippen LogP contribution in [0, 0.1) is 6.92 Å². The summed E-state index contributed by atoms with van der Waals surface area (Å²) in [4.78, 5) is 15.8. The molecule has 0 amide bonds. The molecule has 7 heteroatoms. The predicted octanol–water partition coefficient (Wildman–Crippen LogP) is 1.21. The molecule has 0 aromatic carbocycles. The van der Waals surface area contributed by atoms with Gasteiger partial charge in [0.2, 0.25) is 0 Å². The molecule has 0 atom stereocenters. The van der Waals surface area contributed by atoms with Gasteiger partial charge >= 0.3 is 0 Å². The number of anilines is 2. The van der Waals surface area contributed by atoms with Crippen LogP contribution in [0.25, 0.3) is 11.0 Å². The van der Waals surface area contributed by atoms with E-state index in [-0.39, 0.29) is 0 Å². The highest BCUT2D eigenvalue weighted by Gasteiger charge is 2.23. The minimum Gasteiger partial charge on any atom is -0.398 e. The highest BCUT2D eigenvalue weighted by Crippen LogP contribution is 2.29. The molecule has 4 heterocycles. The van der Waals surface area contributed by atoms with Crippen LogP contribution in [0.2, 0.25) is 0 Å². The Hall–Kier alpha value is -2.70. The molecule has 0 saturated carbocycles. The smallest absolute Gasteiger partial charge is 0.163 e. The third-order valence-electron chi connectivity index (χ3n) is 4.13. The fourth-order valence-electron chi connectivity index (χ4n) is 3.00. The van der Waals surface area contributed by atoms with Crippen molar-refractivity contribution in [3.63, 3.8) is 0 Å². The fraction of sp³-hybridized carbons (Fsp3) is 0.333. The number of nitrogen functional groups attached to an aromatic ring is 1. The lowest BCUT2D eigenvalue weighted by molar-refractivity contribution is 0.704. The molecule has 0 bridgehead atoms. The van der Waals surface area contributed by atoms with E-state index >= 15 is 0 Å². The normalized spacial score (nSPS) is 14.4. The second-order valence-electron chi connectivity index (χ2n) is 5.60. The first kappa shape index (κ1) is 13.0. The number of nitrogens with two attached hydrogens (primary N) is 1. The van der Waals surface area contributed by atoms with Crippen LogP contribution >= 0.6 is 0 Å². The summed E-state index contributed by atoms with van der Waals surface area (Å²) in [6, 6.07) is 1.85. The summed E-state index contributed by atoms with van der Waals surface area (Å²) in [5.41, 5.74) is 9.95. The van der Waals surface area contributed by atoms with Crippen molar-refractivity contribution in [2.45, 2.75) is 19.9 Å². The summed E-state index contributed by atoms with van der Waals surface area (Å²) in [6.07, 6.45) is 4.47. The lowest BCUT2D eigenvalue weighted by atomic mass is 10.0. The van der Waals surface area contributed by atoms with Gasteiger partial charge in [0, 0.05) is 49.7 Å².